The van der Waals surface area contributed by atoms with Crippen molar-refractivity contribution in [1.82, 2.24) is 15.0 Å². The minimum atomic E-state index is -0.492. The molecule has 1 amide bonds. The highest BCUT2D eigenvalue weighted by Gasteiger charge is 2.19. The molecule has 0 aliphatic rings. The van der Waals surface area contributed by atoms with E-state index in [4.69, 9.17) is 9.47 Å². The van der Waals surface area contributed by atoms with E-state index in [1.165, 1.54) is 0 Å². The Labute approximate surface area is 196 Å². The molecule has 0 aliphatic carbocycles. The lowest BCUT2D eigenvalue weighted by molar-refractivity contribution is 0.102. The first-order valence-electron chi connectivity index (χ1n) is 10.6. The molecule has 0 unspecified atom stereocenters. The molecule has 2 N–H and O–H groups in total. The van der Waals surface area contributed by atoms with Gasteiger partial charge < -0.3 is 19.8 Å². The maximum absolute atomic E-state index is 12.9. The van der Waals surface area contributed by atoms with Gasteiger partial charge in [-0.2, -0.15) is 0 Å². The molecule has 0 bridgehead atoms. The number of allylic oxidation sites excluding steroid dienone is 1. The minimum Gasteiger partial charge on any atom is -0.495 e. The normalized spacial score (nSPS) is 10.7. The fourth-order valence-electron chi connectivity index (χ4n) is 3.77. The number of aromatic amines is 1. The zero-order chi connectivity index (χ0) is 24.4. The zero-order valence-corrected chi connectivity index (χ0v) is 19.4. The van der Waals surface area contributed by atoms with Crippen LogP contribution in [0, 0.1) is 13.8 Å². The van der Waals surface area contributed by atoms with E-state index >= 15 is 0 Å². The lowest BCUT2D eigenvalue weighted by atomic mass is 10.0. The number of H-pyrrole nitrogens is 1. The number of anilines is 1. The Kier molecular flexibility index (Phi) is 6.14. The molecule has 8 heteroatoms. The van der Waals surface area contributed by atoms with Crippen LogP contribution in [0.3, 0.4) is 0 Å². The van der Waals surface area contributed by atoms with Crippen molar-refractivity contribution < 1.29 is 14.3 Å². The maximum atomic E-state index is 12.9. The van der Waals surface area contributed by atoms with E-state index in [0.29, 0.717) is 56.5 Å². The average Bonchev–Trinajstić information content (AvgIpc) is 2.79. The fourth-order valence-corrected chi connectivity index (χ4v) is 3.77. The molecule has 0 saturated heterocycles. The number of ether oxygens (including phenoxy) is 2. The second-order valence-electron chi connectivity index (χ2n) is 7.87. The van der Waals surface area contributed by atoms with E-state index in [1.54, 1.807) is 76.7 Å². The van der Waals surface area contributed by atoms with Gasteiger partial charge in [-0.05, 0) is 50.6 Å². The predicted molar refractivity (Wildman–Crippen MR) is 132 cm³/mol. The van der Waals surface area contributed by atoms with Gasteiger partial charge in [-0.15, -0.1) is 0 Å². The Morgan fingerprint density at radius 1 is 1.03 bits per heavy atom. The molecule has 3 heterocycles. The van der Waals surface area contributed by atoms with Crippen molar-refractivity contribution in [2.24, 2.45) is 0 Å². The van der Waals surface area contributed by atoms with Gasteiger partial charge in [-0.25, -0.2) is 4.98 Å². The number of methoxy groups -OCH3 is 1. The van der Waals surface area contributed by atoms with Crippen molar-refractivity contribution in [3.8, 4) is 17.2 Å². The second kappa shape index (κ2) is 9.19. The smallest absolute Gasteiger partial charge is 0.261 e. The summed E-state index contributed by atoms with van der Waals surface area (Å²) in [6.45, 7) is 9.08. The van der Waals surface area contributed by atoms with Gasteiger partial charge in [0.05, 0.1) is 18.8 Å². The highest BCUT2D eigenvalue weighted by molar-refractivity contribution is 6.05. The largest absolute Gasteiger partial charge is 0.495 e. The first kappa shape index (κ1) is 22.7. The van der Waals surface area contributed by atoms with Gasteiger partial charge in [0, 0.05) is 41.0 Å². The summed E-state index contributed by atoms with van der Waals surface area (Å²) in [4.78, 5) is 37.6. The molecule has 3 aromatic heterocycles. The van der Waals surface area contributed by atoms with Gasteiger partial charge >= 0.3 is 0 Å². The fraction of sp³-hybridized carbons (Fsp3) is 0.154. The maximum Gasteiger partial charge on any atom is 0.261 e. The molecular weight excluding hydrogens is 432 g/mol. The van der Waals surface area contributed by atoms with Crippen LogP contribution in [0.4, 0.5) is 5.69 Å². The highest BCUT2D eigenvalue weighted by atomic mass is 16.5. The summed E-state index contributed by atoms with van der Waals surface area (Å²) in [5.74, 6) is 1.21. The summed E-state index contributed by atoms with van der Waals surface area (Å²) in [7, 11) is 1.57. The van der Waals surface area contributed by atoms with Crippen LogP contribution >= 0.6 is 0 Å². The molecule has 8 nitrogen and oxygen atoms in total. The van der Waals surface area contributed by atoms with Crippen LogP contribution in [0.15, 0.2) is 60.2 Å². The van der Waals surface area contributed by atoms with Crippen molar-refractivity contribution in [1.29, 1.82) is 0 Å². The number of carbonyl (C=O) groups excluding carboxylic acids is 1. The number of pyridine rings is 3. The lowest BCUT2D eigenvalue weighted by Crippen LogP contribution is -2.27. The van der Waals surface area contributed by atoms with E-state index in [1.807, 2.05) is 0 Å². The number of carbonyl (C=O) groups is 1. The Morgan fingerprint density at radius 3 is 2.41 bits per heavy atom. The summed E-state index contributed by atoms with van der Waals surface area (Å²) in [5, 5.41) is 2.78. The van der Waals surface area contributed by atoms with Crippen LogP contribution in [-0.2, 0) is 0 Å². The van der Waals surface area contributed by atoms with Gasteiger partial charge in [-0.1, -0.05) is 6.58 Å². The first-order chi connectivity index (χ1) is 16.3. The molecule has 1 aromatic carbocycles. The molecule has 34 heavy (non-hydrogen) atoms. The van der Waals surface area contributed by atoms with Gasteiger partial charge in [0.2, 0.25) is 5.43 Å². The number of fused-ring (bicyclic) bond motifs is 1. The molecule has 0 atom stereocenters. The SMILES string of the molecule is C=C(C)c1c(C)[nH]c(C)c(C(=O)Nc2ccc(Oc3ccnc4cc(OC)cnc34)cc2)c1=O. The van der Waals surface area contributed by atoms with Gasteiger partial charge in [-0.3, -0.25) is 14.6 Å². The molecule has 4 rings (SSSR count). The lowest BCUT2D eigenvalue weighted by Gasteiger charge is -2.13. The number of nitrogens with one attached hydrogen (secondary N) is 2. The quantitative estimate of drug-likeness (QED) is 0.422. The Balaban J connectivity index is 1.55. The van der Waals surface area contributed by atoms with E-state index < -0.39 is 5.91 Å². The van der Waals surface area contributed by atoms with Crippen LogP contribution in [0.25, 0.3) is 16.6 Å². The highest BCUT2D eigenvalue weighted by Crippen LogP contribution is 2.29. The van der Waals surface area contributed by atoms with Crippen LogP contribution < -0.4 is 20.2 Å². The van der Waals surface area contributed by atoms with Gasteiger partial charge in [0.15, 0.2) is 5.75 Å². The van der Waals surface area contributed by atoms with Crippen LogP contribution in [0.2, 0.25) is 0 Å². The summed E-state index contributed by atoms with van der Waals surface area (Å²) in [5.41, 5.74) is 3.71. The summed E-state index contributed by atoms with van der Waals surface area (Å²) >= 11 is 0. The average molecular weight is 457 g/mol. The number of aromatic nitrogens is 3. The number of benzene rings is 1. The summed E-state index contributed by atoms with van der Waals surface area (Å²) < 4.78 is 11.2. The Bertz CT molecular complexity index is 1470. The van der Waals surface area contributed by atoms with Crippen molar-refractivity contribution in [3.63, 3.8) is 0 Å². The second-order valence-corrected chi connectivity index (χ2v) is 7.87. The first-order valence-corrected chi connectivity index (χ1v) is 10.6. The molecule has 0 aliphatic heterocycles. The predicted octanol–water partition coefficient (Wildman–Crippen LogP) is 5.02. The molecule has 0 spiro atoms. The number of amides is 1. The van der Waals surface area contributed by atoms with E-state index in [0.717, 1.165) is 0 Å². The van der Waals surface area contributed by atoms with Gasteiger partial charge in [0.1, 0.15) is 22.6 Å². The summed E-state index contributed by atoms with van der Waals surface area (Å²) in [6, 6.07) is 10.3. The third-order valence-corrected chi connectivity index (χ3v) is 5.32. The molecular formula is C26H24N4O4. The van der Waals surface area contributed by atoms with Crippen LogP contribution in [0.1, 0.15) is 34.2 Å². The van der Waals surface area contributed by atoms with Crippen molar-refractivity contribution in [3.05, 3.63) is 88.1 Å². The Hall–Kier alpha value is -4.46. The number of hydrogen-bond donors (Lipinski definition) is 2. The number of rotatable bonds is 6. The third-order valence-electron chi connectivity index (χ3n) is 5.32. The van der Waals surface area contributed by atoms with Crippen molar-refractivity contribution in [2.75, 3.05) is 12.4 Å². The molecule has 172 valence electrons. The topological polar surface area (TPSA) is 106 Å². The van der Waals surface area contributed by atoms with E-state index in [2.05, 4.69) is 26.8 Å². The minimum absolute atomic E-state index is 0.0636. The number of nitrogens with zero attached hydrogens (tertiary/aromatic N) is 2. The zero-order valence-electron chi connectivity index (χ0n) is 19.4. The van der Waals surface area contributed by atoms with Crippen LogP contribution in [-0.4, -0.2) is 28.0 Å². The molecule has 0 fully saturated rings. The van der Waals surface area contributed by atoms with Crippen molar-refractivity contribution >= 4 is 28.2 Å². The molecule has 0 radical (unpaired) electrons. The molecule has 0 saturated carbocycles. The number of aryl methyl sites for hydroxylation is 2. The Morgan fingerprint density at radius 2 is 1.74 bits per heavy atom. The van der Waals surface area contributed by atoms with E-state index in [-0.39, 0.29) is 11.0 Å². The van der Waals surface area contributed by atoms with Gasteiger partial charge in [0.25, 0.3) is 5.91 Å². The van der Waals surface area contributed by atoms with Crippen LogP contribution in [0.5, 0.6) is 17.2 Å². The summed E-state index contributed by atoms with van der Waals surface area (Å²) in [6.07, 6.45) is 3.23. The van der Waals surface area contributed by atoms with Crippen molar-refractivity contribution in [2.45, 2.75) is 20.8 Å². The van der Waals surface area contributed by atoms with E-state index in [9.17, 15) is 9.59 Å². The number of hydrogen-bond acceptors (Lipinski definition) is 6. The molecule has 4 aromatic rings. The standard InChI is InChI=1S/C26H24N4O4/c1-14(2)22-15(3)29-16(4)23(25(22)31)26(32)30-17-6-8-18(9-7-17)34-21-10-11-27-20-12-19(33-5)13-28-24(20)21/h6-13H,1H2,2-5H3,(H,29,31)(H,30,32). The third kappa shape index (κ3) is 4.38. The monoisotopic (exact) mass is 456 g/mol.